The van der Waals surface area contributed by atoms with Crippen LogP contribution in [0.25, 0.3) is 21.7 Å². The molecular weight excluding hydrogens is 528 g/mol. The number of ether oxygens (including phenoxy) is 2. The second-order valence-corrected chi connectivity index (χ2v) is 8.53. The van der Waals surface area contributed by atoms with Gasteiger partial charge in [0.25, 0.3) is 0 Å². The van der Waals surface area contributed by atoms with Crippen molar-refractivity contribution in [3.63, 3.8) is 0 Å². The number of Topliss-reactive ketones (excluding diaryl/α,β-unsaturated/α-hetero) is 1. The van der Waals surface area contributed by atoms with Gasteiger partial charge in [-0.15, -0.1) is 0 Å². The molecule has 0 unspecified atom stereocenters. The van der Waals surface area contributed by atoms with Gasteiger partial charge < -0.3 is 45.4 Å². The first-order valence-electron chi connectivity index (χ1n) is 12.4. The summed E-state index contributed by atoms with van der Waals surface area (Å²) in [6, 6.07) is 8.08. The average molecular weight is 559 g/mol. The van der Waals surface area contributed by atoms with Gasteiger partial charge in [-0.05, 0) is 6.07 Å². The molecule has 1 aromatic heterocycles. The fraction of sp³-hybridized carbons (Fsp3) is 0.346. The first kappa shape index (κ1) is 29.9. The van der Waals surface area contributed by atoms with E-state index >= 15 is 0 Å². The molecule has 0 aliphatic heterocycles. The molecule has 2 aromatic carbocycles. The van der Waals surface area contributed by atoms with E-state index in [1.54, 1.807) is 24.3 Å². The summed E-state index contributed by atoms with van der Waals surface area (Å²) in [7, 11) is 0. The SMILES string of the molecule is CC(=O)c1cc2c(OC(=O)NCCNCCC(=O)O)c3ccccc3c(OC(=O)NCCNCCC(=O)O)c2o1. The molecule has 214 valence electrons. The molecule has 0 spiro atoms. The molecular formula is C26H30N4O10. The number of carbonyl (C=O) groups is 5. The highest BCUT2D eigenvalue weighted by Gasteiger charge is 2.24. The zero-order valence-electron chi connectivity index (χ0n) is 21.7. The third-order valence-electron chi connectivity index (χ3n) is 5.51. The van der Waals surface area contributed by atoms with E-state index in [-0.39, 0.29) is 67.2 Å². The van der Waals surface area contributed by atoms with Crippen LogP contribution in [-0.2, 0) is 9.59 Å². The fourth-order valence-electron chi connectivity index (χ4n) is 3.66. The highest BCUT2D eigenvalue weighted by molar-refractivity contribution is 6.12. The van der Waals surface area contributed by atoms with Crippen LogP contribution >= 0.6 is 0 Å². The Morgan fingerprint density at radius 3 is 1.73 bits per heavy atom. The molecule has 1 heterocycles. The number of fused-ring (bicyclic) bond motifs is 2. The van der Waals surface area contributed by atoms with Gasteiger partial charge in [0.1, 0.15) is 0 Å². The molecule has 0 saturated carbocycles. The number of hydrogen-bond acceptors (Lipinski definition) is 10. The quantitative estimate of drug-likeness (QED) is 0.117. The summed E-state index contributed by atoms with van der Waals surface area (Å²) in [4.78, 5) is 58.4. The minimum atomic E-state index is -0.936. The Kier molecular flexibility index (Phi) is 10.8. The maximum atomic E-state index is 12.6. The number of amides is 2. The number of benzene rings is 2. The lowest BCUT2D eigenvalue weighted by atomic mass is 10.1. The molecule has 0 aliphatic carbocycles. The largest absolute Gasteiger partial charge is 0.481 e. The van der Waals surface area contributed by atoms with Crippen LogP contribution in [0.4, 0.5) is 9.59 Å². The standard InChI is InChI=1S/C26H30N4O10/c1-15(31)19-14-18-22(39-25(36)29-12-10-27-8-6-20(32)33)16-4-2-3-5-17(16)23(24(18)38-19)40-26(37)30-13-11-28-9-7-21(34)35/h2-5,14,27-28H,6-13H2,1H3,(H,29,36)(H,30,37)(H,32,33)(H,34,35). The van der Waals surface area contributed by atoms with Crippen molar-refractivity contribution in [2.75, 3.05) is 39.3 Å². The number of carbonyl (C=O) groups excluding carboxylic acids is 3. The molecule has 0 fully saturated rings. The summed E-state index contributed by atoms with van der Waals surface area (Å²) in [5.41, 5.74) is 0.0248. The lowest BCUT2D eigenvalue weighted by Gasteiger charge is -2.14. The van der Waals surface area contributed by atoms with Crippen molar-refractivity contribution in [3.8, 4) is 11.5 Å². The molecule has 14 nitrogen and oxygen atoms in total. The van der Waals surface area contributed by atoms with Crippen molar-refractivity contribution in [1.29, 1.82) is 0 Å². The Hall–Kier alpha value is -4.69. The molecule has 0 atom stereocenters. The number of nitrogens with one attached hydrogen (secondary N) is 4. The second-order valence-electron chi connectivity index (χ2n) is 8.53. The molecule has 14 heteroatoms. The highest BCUT2D eigenvalue weighted by atomic mass is 16.6. The molecule has 0 bridgehead atoms. The molecule has 6 N–H and O–H groups in total. The lowest BCUT2D eigenvalue weighted by Crippen LogP contribution is -2.34. The number of aliphatic carboxylic acids is 2. The van der Waals surface area contributed by atoms with E-state index in [1.165, 1.54) is 13.0 Å². The summed E-state index contributed by atoms with van der Waals surface area (Å²) >= 11 is 0. The zero-order chi connectivity index (χ0) is 29.1. The van der Waals surface area contributed by atoms with E-state index in [0.717, 1.165) is 0 Å². The van der Waals surface area contributed by atoms with Gasteiger partial charge in [-0.25, -0.2) is 9.59 Å². The number of hydrogen-bond donors (Lipinski definition) is 6. The van der Waals surface area contributed by atoms with E-state index in [1.807, 2.05) is 0 Å². The Balaban J connectivity index is 1.79. The van der Waals surface area contributed by atoms with Gasteiger partial charge in [0.2, 0.25) is 0 Å². The number of carboxylic acids is 2. The predicted molar refractivity (Wildman–Crippen MR) is 142 cm³/mol. The van der Waals surface area contributed by atoms with Gasteiger partial charge in [-0.3, -0.25) is 14.4 Å². The third kappa shape index (κ3) is 8.41. The van der Waals surface area contributed by atoms with Crippen LogP contribution in [-0.4, -0.2) is 79.4 Å². The predicted octanol–water partition coefficient (Wildman–Crippen LogP) is 2.09. The van der Waals surface area contributed by atoms with Crippen LogP contribution in [0.3, 0.4) is 0 Å². The van der Waals surface area contributed by atoms with Gasteiger partial charge in [-0.2, -0.15) is 0 Å². The van der Waals surface area contributed by atoms with Crippen molar-refractivity contribution < 1.29 is 48.1 Å². The number of ketones is 1. The van der Waals surface area contributed by atoms with Crippen molar-refractivity contribution >= 4 is 51.7 Å². The Labute approximate surface area is 228 Å². The molecule has 40 heavy (non-hydrogen) atoms. The molecule has 2 amide bonds. The van der Waals surface area contributed by atoms with Crippen molar-refractivity contribution in [2.24, 2.45) is 0 Å². The van der Waals surface area contributed by atoms with E-state index in [9.17, 15) is 24.0 Å². The monoisotopic (exact) mass is 558 g/mol. The fourth-order valence-corrected chi connectivity index (χ4v) is 3.66. The summed E-state index contributed by atoms with van der Waals surface area (Å²) in [6.07, 6.45) is -1.71. The van der Waals surface area contributed by atoms with Crippen molar-refractivity contribution in [1.82, 2.24) is 21.3 Å². The summed E-state index contributed by atoms with van der Waals surface area (Å²) in [6.45, 7) is 2.73. The number of carboxylic acid groups (broad SMARTS) is 2. The molecule has 0 saturated heterocycles. The smallest absolute Gasteiger partial charge is 0.412 e. The first-order chi connectivity index (χ1) is 19.2. The van der Waals surface area contributed by atoms with Crippen molar-refractivity contribution in [2.45, 2.75) is 19.8 Å². The second kappa shape index (κ2) is 14.5. The minimum Gasteiger partial charge on any atom is -0.481 e. The Bertz CT molecular complexity index is 1300. The Morgan fingerprint density at radius 2 is 1.23 bits per heavy atom. The van der Waals surface area contributed by atoms with Gasteiger partial charge in [0.05, 0.1) is 18.2 Å². The minimum absolute atomic E-state index is 0.0184. The molecule has 3 rings (SSSR count). The summed E-state index contributed by atoms with van der Waals surface area (Å²) in [5, 5.41) is 29.3. The van der Waals surface area contributed by atoms with E-state index in [0.29, 0.717) is 23.9 Å². The zero-order valence-corrected chi connectivity index (χ0v) is 21.7. The maximum absolute atomic E-state index is 12.6. The molecule has 0 radical (unpaired) electrons. The van der Waals surface area contributed by atoms with Crippen LogP contribution in [0.1, 0.15) is 30.3 Å². The van der Waals surface area contributed by atoms with Crippen molar-refractivity contribution in [3.05, 3.63) is 36.1 Å². The van der Waals surface area contributed by atoms with Crippen LogP contribution in [0.2, 0.25) is 0 Å². The van der Waals surface area contributed by atoms with Crippen LogP contribution in [0.15, 0.2) is 34.7 Å². The summed E-state index contributed by atoms with van der Waals surface area (Å²) < 4.78 is 16.9. The van der Waals surface area contributed by atoms with Crippen LogP contribution in [0.5, 0.6) is 11.5 Å². The lowest BCUT2D eigenvalue weighted by molar-refractivity contribution is -0.137. The van der Waals surface area contributed by atoms with Gasteiger partial charge >= 0.3 is 24.1 Å². The van der Waals surface area contributed by atoms with E-state index in [4.69, 9.17) is 24.1 Å². The normalized spacial score (nSPS) is 10.8. The summed E-state index contributed by atoms with van der Waals surface area (Å²) in [5.74, 6) is -2.19. The van der Waals surface area contributed by atoms with Crippen LogP contribution < -0.4 is 30.7 Å². The number of furan rings is 1. The number of rotatable bonds is 15. The molecule has 3 aromatic rings. The highest BCUT2D eigenvalue weighted by Crippen LogP contribution is 2.44. The Morgan fingerprint density at radius 1 is 0.725 bits per heavy atom. The average Bonchev–Trinajstić information content (AvgIpc) is 3.35. The third-order valence-corrected chi connectivity index (χ3v) is 5.51. The van der Waals surface area contributed by atoms with Gasteiger partial charge in [-0.1, -0.05) is 24.3 Å². The van der Waals surface area contributed by atoms with Gasteiger partial charge in [0, 0.05) is 57.0 Å². The van der Waals surface area contributed by atoms with E-state index in [2.05, 4.69) is 21.3 Å². The van der Waals surface area contributed by atoms with Gasteiger partial charge in [0.15, 0.2) is 28.6 Å². The maximum Gasteiger partial charge on any atom is 0.412 e. The molecule has 0 aliphatic rings. The van der Waals surface area contributed by atoms with E-state index < -0.39 is 29.9 Å². The van der Waals surface area contributed by atoms with Crippen LogP contribution in [0, 0.1) is 0 Å². The topological polar surface area (TPSA) is 206 Å². The first-order valence-corrected chi connectivity index (χ1v) is 12.4.